The molecule has 2 saturated heterocycles. The lowest BCUT2D eigenvalue weighted by atomic mass is 9.62. The standard InChI is InChI=1S/C19H25NO2.C18H23NO3/c1-14-10-16-12-19(13-20,17(16)11-15(14)2)7-5-9-22-18-6-3-4-8-21-18;1-13-9-15-14(10-16(13)20)11-18(15,12-19)6-4-8-22-17-5-2-3-7-21-17/h10-11,18H,3-9,12H2,1-2H3;9-10,17,20H,2-8,11H2,1H3. The summed E-state index contributed by atoms with van der Waals surface area (Å²) in [4.78, 5) is 0. The first-order valence-corrected chi connectivity index (χ1v) is 16.5. The minimum Gasteiger partial charge on any atom is -0.508 e. The predicted molar refractivity (Wildman–Crippen MR) is 168 cm³/mol. The monoisotopic (exact) mass is 600 g/mol. The van der Waals surface area contributed by atoms with Gasteiger partial charge in [0.1, 0.15) is 5.75 Å². The lowest BCUT2D eigenvalue weighted by Crippen LogP contribution is -2.38. The van der Waals surface area contributed by atoms with Crippen LogP contribution in [0.4, 0.5) is 0 Å². The topological polar surface area (TPSA) is 105 Å². The second kappa shape index (κ2) is 14.4. The second-order valence-electron chi connectivity index (χ2n) is 13.2. The van der Waals surface area contributed by atoms with Gasteiger partial charge in [-0.25, -0.2) is 0 Å². The highest BCUT2D eigenvalue weighted by Gasteiger charge is 2.44. The van der Waals surface area contributed by atoms with Gasteiger partial charge in [-0.2, -0.15) is 10.5 Å². The van der Waals surface area contributed by atoms with Crippen molar-refractivity contribution in [2.24, 2.45) is 0 Å². The first-order valence-electron chi connectivity index (χ1n) is 16.5. The molecule has 0 amide bonds. The Bertz CT molecular complexity index is 1280. The van der Waals surface area contributed by atoms with Crippen LogP contribution in [0, 0.1) is 43.4 Å². The van der Waals surface area contributed by atoms with Gasteiger partial charge in [-0.1, -0.05) is 18.2 Å². The fourth-order valence-corrected chi connectivity index (χ4v) is 7.05. The molecule has 2 aromatic rings. The molecule has 2 aliphatic carbocycles. The van der Waals surface area contributed by atoms with Crippen molar-refractivity contribution in [3.05, 3.63) is 63.2 Å². The third kappa shape index (κ3) is 7.13. The van der Waals surface area contributed by atoms with Crippen LogP contribution in [0.15, 0.2) is 24.3 Å². The van der Waals surface area contributed by atoms with Crippen LogP contribution in [0.2, 0.25) is 0 Å². The van der Waals surface area contributed by atoms with Gasteiger partial charge in [-0.05, 0) is 143 Å². The lowest BCUT2D eigenvalue weighted by Gasteiger charge is -2.39. The van der Waals surface area contributed by atoms with E-state index in [0.717, 1.165) is 94.1 Å². The third-order valence-corrected chi connectivity index (χ3v) is 9.96. The van der Waals surface area contributed by atoms with E-state index in [1.807, 2.05) is 13.0 Å². The molecule has 0 bridgehead atoms. The van der Waals surface area contributed by atoms with Crippen molar-refractivity contribution in [1.82, 2.24) is 0 Å². The van der Waals surface area contributed by atoms with Gasteiger partial charge in [0.05, 0.1) is 23.0 Å². The van der Waals surface area contributed by atoms with Crippen LogP contribution in [0.25, 0.3) is 0 Å². The molecule has 0 spiro atoms. The average molecular weight is 601 g/mol. The van der Waals surface area contributed by atoms with Crippen molar-refractivity contribution in [2.75, 3.05) is 26.4 Å². The predicted octanol–water partition coefficient (Wildman–Crippen LogP) is 7.29. The number of fused-ring (bicyclic) bond motifs is 2. The summed E-state index contributed by atoms with van der Waals surface area (Å²) in [6, 6.07) is 13.3. The van der Waals surface area contributed by atoms with Gasteiger partial charge in [-0.3, -0.25) is 0 Å². The number of phenols is 1. The maximum atomic E-state index is 9.74. The first-order chi connectivity index (χ1) is 21.3. The normalized spacial score (nSPS) is 26.8. The van der Waals surface area contributed by atoms with Gasteiger partial charge in [0.15, 0.2) is 12.6 Å². The molecule has 236 valence electrons. The lowest BCUT2D eigenvalue weighted by molar-refractivity contribution is -0.163. The Morgan fingerprint density at radius 2 is 1.20 bits per heavy atom. The van der Waals surface area contributed by atoms with Crippen LogP contribution in [0.5, 0.6) is 5.75 Å². The van der Waals surface area contributed by atoms with Crippen molar-refractivity contribution in [3.8, 4) is 17.9 Å². The van der Waals surface area contributed by atoms with Crippen LogP contribution < -0.4 is 0 Å². The molecular formula is C37H48N2O5. The highest BCUT2D eigenvalue weighted by atomic mass is 16.7. The Hall–Kier alpha value is -2.94. The number of aryl methyl sites for hydroxylation is 3. The zero-order valence-corrected chi connectivity index (χ0v) is 26.8. The molecule has 7 nitrogen and oxygen atoms in total. The first kappa shape index (κ1) is 32.5. The highest BCUT2D eigenvalue weighted by molar-refractivity contribution is 5.55. The minimum absolute atomic E-state index is 0.0228. The Kier molecular flexibility index (Phi) is 10.7. The molecule has 4 aliphatic rings. The summed E-state index contributed by atoms with van der Waals surface area (Å²) in [5.74, 6) is 0.322. The number of nitriles is 2. The number of hydrogen-bond acceptors (Lipinski definition) is 7. The van der Waals surface area contributed by atoms with E-state index in [0.29, 0.717) is 19.0 Å². The SMILES string of the molecule is Cc1cc2c(cc1C)C(C#N)(CCCOC1CCCCO1)C2.Cc1cc2c(cc1O)CC2(C#N)CCCOC1CCCCO1. The summed E-state index contributed by atoms with van der Waals surface area (Å²) in [5.41, 5.74) is 7.53. The van der Waals surface area contributed by atoms with Gasteiger partial charge in [0, 0.05) is 26.4 Å². The van der Waals surface area contributed by atoms with Crippen LogP contribution in [-0.4, -0.2) is 44.1 Å². The number of aromatic hydroxyl groups is 1. The molecule has 0 radical (unpaired) electrons. The Morgan fingerprint density at radius 1 is 0.727 bits per heavy atom. The molecule has 2 aromatic carbocycles. The van der Waals surface area contributed by atoms with Gasteiger partial charge < -0.3 is 24.1 Å². The highest BCUT2D eigenvalue weighted by Crippen LogP contribution is 2.47. The van der Waals surface area contributed by atoms with Crippen LogP contribution in [0.3, 0.4) is 0 Å². The summed E-state index contributed by atoms with van der Waals surface area (Å²) < 4.78 is 22.7. The van der Waals surface area contributed by atoms with Crippen LogP contribution in [-0.2, 0) is 42.6 Å². The van der Waals surface area contributed by atoms with Gasteiger partial charge >= 0.3 is 0 Å². The molecule has 6 rings (SSSR count). The maximum Gasteiger partial charge on any atom is 0.157 e. The number of benzene rings is 2. The van der Waals surface area contributed by atoms with Crippen molar-refractivity contribution in [1.29, 1.82) is 10.5 Å². The van der Waals surface area contributed by atoms with Gasteiger partial charge in [-0.15, -0.1) is 0 Å². The van der Waals surface area contributed by atoms with E-state index in [1.54, 1.807) is 6.07 Å². The quantitative estimate of drug-likeness (QED) is 0.286. The molecule has 2 aliphatic heterocycles. The average Bonchev–Trinajstić information content (AvgIpc) is 3.04. The largest absolute Gasteiger partial charge is 0.508 e. The van der Waals surface area contributed by atoms with E-state index in [1.165, 1.54) is 35.1 Å². The molecule has 44 heavy (non-hydrogen) atoms. The van der Waals surface area contributed by atoms with E-state index < -0.39 is 5.41 Å². The number of rotatable bonds is 10. The summed E-state index contributed by atoms with van der Waals surface area (Å²) in [6.45, 7) is 9.08. The second-order valence-corrected chi connectivity index (χ2v) is 13.2. The van der Waals surface area contributed by atoms with E-state index in [4.69, 9.17) is 18.9 Å². The molecule has 1 N–H and O–H groups in total. The van der Waals surface area contributed by atoms with Gasteiger partial charge in [0.25, 0.3) is 0 Å². The van der Waals surface area contributed by atoms with Crippen molar-refractivity contribution in [2.45, 2.75) is 121 Å². The molecular weight excluding hydrogens is 552 g/mol. The van der Waals surface area contributed by atoms with Crippen LogP contribution in [0.1, 0.15) is 103 Å². The smallest absolute Gasteiger partial charge is 0.157 e. The Morgan fingerprint density at radius 3 is 1.68 bits per heavy atom. The molecule has 4 atom stereocenters. The number of nitrogens with zero attached hydrogens (tertiary/aromatic N) is 2. The summed E-state index contributed by atoms with van der Waals surface area (Å²) >= 11 is 0. The molecule has 0 aromatic heterocycles. The van der Waals surface area contributed by atoms with E-state index in [9.17, 15) is 15.6 Å². The van der Waals surface area contributed by atoms with Crippen molar-refractivity contribution < 1.29 is 24.1 Å². The Labute approximate surface area is 263 Å². The van der Waals surface area contributed by atoms with E-state index in [-0.39, 0.29) is 18.0 Å². The number of hydrogen-bond donors (Lipinski definition) is 1. The molecule has 7 heteroatoms. The molecule has 0 saturated carbocycles. The minimum atomic E-state index is -0.398. The molecule has 2 heterocycles. The van der Waals surface area contributed by atoms with E-state index >= 15 is 0 Å². The van der Waals surface area contributed by atoms with E-state index in [2.05, 4.69) is 38.1 Å². The van der Waals surface area contributed by atoms with Crippen molar-refractivity contribution in [3.63, 3.8) is 0 Å². The zero-order valence-electron chi connectivity index (χ0n) is 26.8. The van der Waals surface area contributed by atoms with Gasteiger partial charge in [0.2, 0.25) is 0 Å². The Balaban J connectivity index is 0.000000175. The summed E-state index contributed by atoms with van der Waals surface area (Å²) in [6.07, 6.45) is 11.6. The summed E-state index contributed by atoms with van der Waals surface area (Å²) in [5, 5.41) is 29.0. The maximum absolute atomic E-state index is 9.74. The number of phenolic OH excluding ortho intramolecular Hbond substituents is 1. The zero-order chi connectivity index (χ0) is 31.2. The number of ether oxygens (including phenoxy) is 4. The fourth-order valence-electron chi connectivity index (χ4n) is 7.05. The van der Waals surface area contributed by atoms with Crippen molar-refractivity contribution >= 4 is 0 Å². The molecule has 4 unspecified atom stereocenters. The van der Waals surface area contributed by atoms with Crippen LogP contribution >= 0.6 is 0 Å². The fraction of sp³-hybridized carbons (Fsp3) is 0.622. The molecule has 2 fully saturated rings. The summed E-state index contributed by atoms with van der Waals surface area (Å²) in [7, 11) is 0. The third-order valence-electron chi connectivity index (χ3n) is 9.96.